The average Bonchev–Trinajstić information content (AvgIpc) is 3.12. The maximum Gasteiger partial charge on any atom is 0.276 e. The lowest BCUT2D eigenvalue weighted by Gasteiger charge is -2.05. The number of carbonyl (C=O) groups excluding carboxylic acids is 1. The van der Waals surface area contributed by atoms with Gasteiger partial charge >= 0.3 is 0 Å². The molecule has 1 amide bonds. The van der Waals surface area contributed by atoms with Gasteiger partial charge in [-0.25, -0.2) is 9.07 Å². The Balaban J connectivity index is 1.70. The molecule has 3 rings (SSSR count). The van der Waals surface area contributed by atoms with Gasteiger partial charge in [0.1, 0.15) is 12.5 Å². The van der Waals surface area contributed by atoms with Crippen molar-refractivity contribution in [2.24, 2.45) is 0 Å². The third-order valence-electron chi connectivity index (χ3n) is 2.94. The Hall–Kier alpha value is -2.00. The Bertz CT molecular complexity index is 860. The Morgan fingerprint density at radius 1 is 1.22 bits per heavy atom. The number of amides is 1. The molecule has 1 aromatic carbocycles. The number of nitrogens with zero attached hydrogens (tertiary/aromatic N) is 4. The molecule has 0 atom stereocenters. The Morgan fingerprint density at radius 2 is 2.04 bits per heavy atom. The van der Waals surface area contributed by atoms with E-state index in [0.717, 1.165) is 4.47 Å². The largest absolute Gasteiger partial charge is 0.318 e. The van der Waals surface area contributed by atoms with Crippen molar-refractivity contribution in [3.05, 3.63) is 63.3 Å². The molecule has 0 aliphatic carbocycles. The summed E-state index contributed by atoms with van der Waals surface area (Å²) >= 11 is 6.47. The summed E-state index contributed by atoms with van der Waals surface area (Å²) in [6.07, 6.45) is 5.11. The second kappa shape index (κ2) is 6.63. The minimum absolute atomic E-state index is 0.101. The summed E-state index contributed by atoms with van der Waals surface area (Å²) in [6.45, 7) is 0.367. The zero-order chi connectivity index (χ0) is 16.4. The van der Waals surface area contributed by atoms with Crippen molar-refractivity contribution < 1.29 is 9.18 Å². The molecule has 6 nitrogen and oxygen atoms in total. The standard InChI is InChI=1S/C14H10Br2FN5O/c15-9-1-2-12(11(17)5-9)19-14(23)13-3-4-21(20-13)8-22-7-10(16)6-18-22/h1-7H,8H2,(H,19,23). The van der Waals surface area contributed by atoms with E-state index in [1.807, 2.05) is 0 Å². The van der Waals surface area contributed by atoms with Crippen molar-refractivity contribution in [3.8, 4) is 0 Å². The lowest BCUT2D eigenvalue weighted by molar-refractivity contribution is 0.102. The third-order valence-corrected chi connectivity index (χ3v) is 3.85. The number of hydrogen-bond donors (Lipinski definition) is 1. The minimum Gasteiger partial charge on any atom is -0.318 e. The van der Waals surface area contributed by atoms with Gasteiger partial charge in [0, 0.05) is 16.9 Å². The number of nitrogens with one attached hydrogen (secondary N) is 1. The maximum absolute atomic E-state index is 13.7. The third kappa shape index (κ3) is 3.85. The highest BCUT2D eigenvalue weighted by Gasteiger charge is 2.12. The molecule has 2 aromatic heterocycles. The van der Waals surface area contributed by atoms with Gasteiger partial charge in [0.25, 0.3) is 5.91 Å². The number of rotatable bonds is 4. The van der Waals surface area contributed by atoms with Gasteiger partial charge in [0.2, 0.25) is 0 Å². The van der Waals surface area contributed by atoms with Crippen LogP contribution >= 0.6 is 31.9 Å². The Kier molecular flexibility index (Phi) is 4.58. The molecule has 3 aromatic rings. The average molecular weight is 443 g/mol. The molecule has 0 radical (unpaired) electrons. The van der Waals surface area contributed by atoms with Crippen LogP contribution < -0.4 is 5.32 Å². The summed E-state index contributed by atoms with van der Waals surface area (Å²) < 4.78 is 18.4. The van der Waals surface area contributed by atoms with E-state index in [4.69, 9.17) is 0 Å². The number of anilines is 1. The topological polar surface area (TPSA) is 64.7 Å². The monoisotopic (exact) mass is 441 g/mol. The SMILES string of the molecule is O=C(Nc1ccc(Br)cc1F)c1ccn(Cn2cc(Br)cn2)n1. The van der Waals surface area contributed by atoms with Crippen LogP contribution in [0.15, 0.2) is 51.8 Å². The van der Waals surface area contributed by atoms with Crippen LogP contribution in [-0.2, 0) is 6.67 Å². The first kappa shape index (κ1) is 15.9. The van der Waals surface area contributed by atoms with Crippen LogP contribution in [0.4, 0.5) is 10.1 Å². The number of halogens is 3. The highest BCUT2D eigenvalue weighted by molar-refractivity contribution is 9.10. The van der Waals surface area contributed by atoms with Crippen molar-refractivity contribution >= 4 is 43.5 Å². The van der Waals surface area contributed by atoms with Crippen LogP contribution in [0.3, 0.4) is 0 Å². The van der Waals surface area contributed by atoms with Crippen LogP contribution in [0, 0.1) is 5.82 Å². The van der Waals surface area contributed by atoms with Gasteiger partial charge in [-0.2, -0.15) is 10.2 Å². The molecule has 0 bridgehead atoms. The van der Waals surface area contributed by atoms with Gasteiger partial charge < -0.3 is 5.32 Å². The number of carbonyl (C=O) groups is 1. The molecular weight excluding hydrogens is 433 g/mol. The summed E-state index contributed by atoms with van der Waals surface area (Å²) in [4.78, 5) is 12.1. The van der Waals surface area contributed by atoms with Crippen LogP contribution in [-0.4, -0.2) is 25.5 Å². The fourth-order valence-electron chi connectivity index (χ4n) is 1.90. The first-order chi connectivity index (χ1) is 11.0. The van der Waals surface area contributed by atoms with Crippen molar-refractivity contribution in [1.82, 2.24) is 19.6 Å². The molecule has 0 spiro atoms. The molecule has 0 saturated heterocycles. The maximum atomic E-state index is 13.7. The van der Waals surface area contributed by atoms with Gasteiger partial charge in [-0.05, 0) is 40.2 Å². The zero-order valence-electron chi connectivity index (χ0n) is 11.6. The molecule has 9 heteroatoms. The molecule has 0 saturated carbocycles. The summed E-state index contributed by atoms with van der Waals surface area (Å²) in [5.74, 6) is -1.000. The first-order valence-electron chi connectivity index (χ1n) is 6.49. The van der Waals surface area contributed by atoms with E-state index in [1.165, 1.54) is 12.1 Å². The lowest BCUT2D eigenvalue weighted by Crippen LogP contribution is -2.15. The Morgan fingerprint density at radius 3 is 2.74 bits per heavy atom. The minimum atomic E-state index is -0.520. The molecule has 118 valence electrons. The van der Waals surface area contributed by atoms with Crippen LogP contribution in [0.5, 0.6) is 0 Å². The number of aromatic nitrogens is 4. The highest BCUT2D eigenvalue weighted by atomic mass is 79.9. The predicted molar refractivity (Wildman–Crippen MR) is 89.6 cm³/mol. The number of hydrogen-bond acceptors (Lipinski definition) is 3. The quantitative estimate of drug-likeness (QED) is 0.672. The van der Waals surface area contributed by atoms with E-state index < -0.39 is 11.7 Å². The van der Waals surface area contributed by atoms with Gasteiger partial charge in [-0.3, -0.25) is 9.48 Å². The molecule has 2 heterocycles. The van der Waals surface area contributed by atoms with Gasteiger partial charge in [-0.15, -0.1) is 0 Å². The summed E-state index contributed by atoms with van der Waals surface area (Å²) in [6, 6.07) is 5.97. The molecule has 0 fully saturated rings. The highest BCUT2D eigenvalue weighted by Crippen LogP contribution is 2.19. The van der Waals surface area contributed by atoms with Crippen molar-refractivity contribution in [2.45, 2.75) is 6.67 Å². The van der Waals surface area contributed by atoms with Crippen LogP contribution in [0.1, 0.15) is 10.5 Å². The second-order valence-corrected chi connectivity index (χ2v) is 6.49. The van der Waals surface area contributed by atoms with Gasteiger partial charge in [0.05, 0.1) is 16.4 Å². The molecule has 1 N–H and O–H groups in total. The fraction of sp³-hybridized carbons (Fsp3) is 0.0714. The van der Waals surface area contributed by atoms with E-state index in [-0.39, 0.29) is 11.4 Å². The molecule has 0 unspecified atom stereocenters. The number of benzene rings is 1. The fourth-order valence-corrected chi connectivity index (χ4v) is 2.56. The first-order valence-corrected chi connectivity index (χ1v) is 8.08. The van der Waals surface area contributed by atoms with Crippen molar-refractivity contribution in [1.29, 1.82) is 0 Å². The van der Waals surface area contributed by atoms with Crippen LogP contribution in [0.2, 0.25) is 0 Å². The van der Waals surface area contributed by atoms with Crippen molar-refractivity contribution in [2.75, 3.05) is 5.32 Å². The van der Waals surface area contributed by atoms with Crippen LogP contribution in [0.25, 0.3) is 0 Å². The molecule has 0 aliphatic heterocycles. The smallest absolute Gasteiger partial charge is 0.276 e. The van der Waals surface area contributed by atoms with Gasteiger partial charge in [0.15, 0.2) is 5.69 Å². The molecular formula is C14H10Br2FN5O. The zero-order valence-corrected chi connectivity index (χ0v) is 14.8. The predicted octanol–water partition coefficient (Wildman–Crippen LogP) is 3.50. The van der Waals surface area contributed by atoms with E-state index in [2.05, 4.69) is 47.4 Å². The van der Waals surface area contributed by atoms with Gasteiger partial charge in [-0.1, -0.05) is 15.9 Å². The summed E-state index contributed by atoms with van der Waals surface area (Å²) in [5.41, 5.74) is 0.294. The van der Waals surface area contributed by atoms with E-state index in [0.29, 0.717) is 11.1 Å². The Labute approximate surface area is 147 Å². The van der Waals surface area contributed by atoms with E-state index in [1.54, 1.807) is 40.1 Å². The normalized spacial score (nSPS) is 10.7. The lowest BCUT2D eigenvalue weighted by atomic mass is 10.3. The van der Waals surface area contributed by atoms with E-state index in [9.17, 15) is 9.18 Å². The molecule has 0 aliphatic rings. The van der Waals surface area contributed by atoms with E-state index >= 15 is 0 Å². The van der Waals surface area contributed by atoms with Crippen molar-refractivity contribution in [3.63, 3.8) is 0 Å². The molecule has 23 heavy (non-hydrogen) atoms. The second-order valence-electron chi connectivity index (χ2n) is 4.66. The summed E-state index contributed by atoms with van der Waals surface area (Å²) in [5, 5.41) is 10.8. The summed E-state index contributed by atoms with van der Waals surface area (Å²) in [7, 11) is 0.